The topological polar surface area (TPSA) is 50.4 Å². The third-order valence-electron chi connectivity index (χ3n) is 3.25. The van der Waals surface area contributed by atoms with Crippen molar-refractivity contribution < 1.29 is 9.53 Å². The van der Waals surface area contributed by atoms with Gasteiger partial charge in [0.1, 0.15) is 5.75 Å². The molecule has 1 aliphatic rings. The smallest absolute Gasteiger partial charge is 0.224 e. The molecule has 1 unspecified atom stereocenters. The molecule has 1 aromatic rings. The second-order valence-electron chi connectivity index (χ2n) is 4.69. The highest BCUT2D eigenvalue weighted by molar-refractivity contribution is 5.90. The van der Waals surface area contributed by atoms with Gasteiger partial charge in [-0.2, -0.15) is 0 Å². The summed E-state index contributed by atoms with van der Waals surface area (Å²) in [6.07, 6.45) is 2.91. The van der Waals surface area contributed by atoms with Gasteiger partial charge in [0.15, 0.2) is 0 Å². The number of anilines is 1. The number of methoxy groups -OCH3 is 1. The first-order valence-corrected chi connectivity index (χ1v) is 6.42. The average molecular weight is 248 g/mol. The zero-order valence-electron chi connectivity index (χ0n) is 10.7. The molecule has 0 aliphatic carbocycles. The maximum atomic E-state index is 11.9. The van der Waals surface area contributed by atoms with Crippen LogP contribution in [0.25, 0.3) is 0 Å². The predicted octanol–water partition coefficient (Wildman–Crippen LogP) is 2.02. The van der Waals surface area contributed by atoms with E-state index in [1.54, 1.807) is 7.11 Å². The summed E-state index contributed by atoms with van der Waals surface area (Å²) < 4.78 is 5.07. The molecule has 1 atom stereocenters. The van der Waals surface area contributed by atoms with Crippen molar-refractivity contribution in [3.63, 3.8) is 0 Å². The first-order valence-electron chi connectivity index (χ1n) is 6.42. The first-order chi connectivity index (χ1) is 8.78. The third-order valence-corrected chi connectivity index (χ3v) is 3.25. The predicted molar refractivity (Wildman–Crippen MR) is 71.8 cm³/mol. The van der Waals surface area contributed by atoms with E-state index in [2.05, 4.69) is 10.6 Å². The van der Waals surface area contributed by atoms with Crippen LogP contribution in [0.3, 0.4) is 0 Å². The molecule has 1 heterocycles. The highest BCUT2D eigenvalue weighted by Gasteiger charge is 2.16. The van der Waals surface area contributed by atoms with Gasteiger partial charge in [-0.3, -0.25) is 4.79 Å². The van der Waals surface area contributed by atoms with Gasteiger partial charge in [-0.15, -0.1) is 0 Å². The van der Waals surface area contributed by atoms with Crippen molar-refractivity contribution in [3.8, 4) is 5.75 Å². The summed E-state index contributed by atoms with van der Waals surface area (Å²) >= 11 is 0. The minimum atomic E-state index is 0.0915. The van der Waals surface area contributed by atoms with E-state index < -0.39 is 0 Å². The molecule has 0 bridgehead atoms. The van der Waals surface area contributed by atoms with Gasteiger partial charge in [0.2, 0.25) is 5.91 Å². The maximum Gasteiger partial charge on any atom is 0.224 e. The van der Waals surface area contributed by atoms with Crippen LogP contribution in [-0.4, -0.2) is 26.1 Å². The molecular weight excluding hydrogens is 228 g/mol. The molecule has 0 saturated carbocycles. The Balaban J connectivity index is 1.82. The van der Waals surface area contributed by atoms with Crippen LogP contribution in [0.15, 0.2) is 24.3 Å². The largest absolute Gasteiger partial charge is 0.497 e. The molecule has 1 aromatic carbocycles. The van der Waals surface area contributed by atoms with E-state index in [0.717, 1.165) is 30.9 Å². The Morgan fingerprint density at radius 1 is 1.44 bits per heavy atom. The van der Waals surface area contributed by atoms with Gasteiger partial charge in [0.05, 0.1) is 7.11 Å². The Hall–Kier alpha value is -1.55. The SMILES string of the molecule is COc1ccc(NC(=O)CC2CCCNC2)cc1. The molecule has 98 valence electrons. The maximum absolute atomic E-state index is 11.9. The number of carbonyl (C=O) groups excluding carboxylic acids is 1. The fraction of sp³-hybridized carbons (Fsp3) is 0.500. The molecule has 1 amide bonds. The highest BCUT2D eigenvalue weighted by atomic mass is 16.5. The Labute approximate surface area is 108 Å². The highest BCUT2D eigenvalue weighted by Crippen LogP contribution is 2.17. The molecule has 1 fully saturated rings. The lowest BCUT2D eigenvalue weighted by Crippen LogP contribution is -2.32. The van der Waals surface area contributed by atoms with Crippen LogP contribution in [0.2, 0.25) is 0 Å². The summed E-state index contributed by atoms with van der Waals surface area (Å²) in [5.74, 6) is 1.36. The van der Waals surface area contributed by atoms with Crippen LogP contribution in [0.4, 0.5) is 5.69 Å². The second kappa shape index (κ2) is 6.40. The first kappa shape index (κ1) is 12.9. The zero-order valence-corrected chi connectivity index (χ0v) is 10.7. The fourth-order valence-corrected chi connectivity index (χ4v) is 2.25. The Kier molecular flexibility index (Phi) is 4.59. The summed E-state index contributed by atoms with van der Waals surface area (Å²) in [6.45, 7) is 2.03. The molecule has 1 saturated heterocycles. The van der Waals surface area contributed by atoms with Gasteiger partial charge in [-0.25, -0.2) is 0 Å². The van der Waals surface area contributed by atoms with Crippen molar-refractivity contribution in [2.24, 2.45) is 5.92 Å². The molecular formula is C14H20N2O2. The molecule has 4 nitrogen and oxygen atoms in total. The lowest BCUT2D eigenvalue weighted by Gasteiger charge is -2.22. The number of nitrogens with one attached hydrogen (secondary N) is 2. The molecule has 0 aromatic heterocycles. The van der Waals surface area contributed by atoms with Crippen molar-refractivity contribution >= 4 is 11.6 Å². The van der Waals surface area contributed by atoms with E-state index in [9.17, 15) is 4.79 Å². The lowest BCUT2D eigenvalue weighted by molar-refractivity contribution is -0.117. The van der Waals surface area contributed by atoms with E-state index in [1.807, 2.05) is 24.3 Å². The number of piperidine rings is 1. The fourth-order valence-electron chi connectivity index (χ4n) is 2.25. The summed E-state index contributed by atoms with van der Waals surface area (Å²) in [5.41, 5.74) is 0.824. The van der Waals surface area contributed by atoms with Crippen LogP contribution in [0.5, 0.6) is 5.75 Å². The molecule has 2 rings (SSSR count). The monoisotopic (exact) mass is 248 g/mol. The van der Waals surface area contributed by atoms with Crippen molar-refractivity contribution in [3.05, 3.63) is 24.3 Å². The van der Waals surface area contributed by atoms with E-state index in [0.29, 0.717) is 12.3 Å². The van der Waals surface area contributed by atoms with Gasteiger partial charge < -0.3 is 15.4 Å². The number of hydrogen-bond acceptors (Lipinski definition) is 3. The van der Waals surface area contributed by atoms with E-state index >= 15 is 0 Å². The number of carbonyl (C=O) groups is 1. The van der Waals surface area contributed by atoms with Crippen LogP contribution in [-0.2, 0) is 4.79 Å². The van der Waals surface area contributed by atoms with E-state index in [-0.39, 0.29) is 5.91 Å². The van der Waals surface area contributed by atoms with Crippen LogP contribution >= 0.6 is 0 Å². The summed E-state index contributed by atoms with van der Waals surface area (Å²) in [4.78, 5) is 11.9. The Bertz CT molecular complexity index is 383. The van der Waals surface area contributed by atoms with Crippen molar-refractivity contribution in [2.75, 3.05) is 25.5 Å². The molecule has 0 spiro atoms. The second-order valence-corrected chi connectivity index (χ2v) is 4.69. The molecule has 4 heteroatoms. The number of benzene rings is 1. The molecule has 2 N–H and O–H groups in total. The summed E-state index contributed by atoms with van der Waals surface area (Å²) in [5, 5.41) is 6.24. The van der Waals surface area contributed by atoms with Crippen LogP contribution in [0, 0.1) is 5.92 Å². The van der Waals surface area contributed by atoms with Gasteiger partial charge in [-0.1, -0.05) is 0 Å². The third kappa shape index (κ3) is 3.74. The van der Waals surface area contributed by atoms with Gasteiger partial charge in [0, 0.05) is 12.1 Å². The van der Waals surface area contributed by atoms with Crippen molar-refractivity contribution in [1.82, 2.24) is 5.32 Å². The van der Waals surface area contributed by atoms with E-state index in [1.165, 1.54) is 6.42 Å². The number of hydrogen-bond donors (Lipinski definition) is 2. The summed E-state index contributed by atoms with van der Waals surface area (Å²) in [7, 11) is 1.63. The minimum absolute atomic E-state index is 0.0915. The molecule has 0 radical (unpaired) electrons. The minimum Gasteiger partial charge on any atom is -0.497 e. The van der Waals surface area contributed by atoms with Gasteiger partial charge in [0.25, 0.3) is 0 Å². The number of amides is 1. The van der Waals surface area contributed by atoms with E-state index in [4.69, 9.17) is 4.74 Å². The summed E-state index contributed by atoms with van der Waals surface area (Å²) in [6, 6.07) is 7.40. The lowest BCUT2D eigenvalue weighted by atomic mass is 9.96. The van der Waals surface area contributed by atoms with Gasteiger partial charge >= 0.3 is 0 Å². The number of ether oxygens (including phenoxy) is 1. The Morgan fingerprint density at radius 2 is 2.22 bits per heavy atom. The Morgan fingerprint density at radius 3 is 2.83 bits per heavy atom. The standard InChI is InChI=1S/C14H20N2O2/c1-18-13-6-4-12(5-7-13)16-14(17)9-11-3-2-8-15-10-11/h4-7,11,15H,2-3,8-10H2,1H3,(H,16,17). The normalized spacial score (nSPS) is 19.3. The van der Waals surface area contributed by atoms with Gasteiger partial charge in [-0.05, 0) is 56.1 Å². The quantitative estimate of drug-likeness (QED) is 0.857. The van der Waals surface area contributed by atoms with Crippen LogP contribution < -0.4 is 15.4 Å². The van der Waals surface area contributed by atoms with Crippen molar-refractivity contribution in [1.29, 1.82) is 0 Å². The van der Waals surface area contributed by atoms with Crippen LogP contribution in [0.1, 0.15) is 19.3 Å². The van der Waals surface area contributed by atoms with Crippen molar-refractivity contribution in [2.45, 2.75) is 19.3 Å². The molecule has 1 aliphatic heterocycles. The average Bonchev–Trinajstić information content (AvgIpc) is 2.40. The molecule has 18 heavy (non-hydrogen) atoms. The zero-order chi connectivity index (χ0) is 12.8. The number of rotatable bonds is 4.